The summed E-state index contributed by atoms with van der Waals surface area (Å²) in [6, 6.07) is -0.450. The third-order valence-corrected chi connectivity index (χ3v) is 4.96. The summed E-state index contributed by atoms with van der Waals surface area (Å²) in [5.74, 6) is -0.117. The lowest BCUT2D eigenvalue weighted by atomic mass is 10.1. The van der Waals surface area contributed by atoms with Crippen LogP contribution in [0.5, 0.6) is 0 Å². The van der Waals surface area contributed by atoms with Crippen molar-refractivity contribution in [3.05, 3.63) is 18.0 Å². The number of anilines is 1. The maximum atomic E-state index is 12.4. The number of amides is 2. The second-order valence-corrected chi connectivity index (χ2v) is 6.98. The highest BCUT2D eigenvalue weighted by Crippen LogP contribution is 2.26. The van der Waals surface area contributed by atoms with Gasteiger partial charge in [-0.25, -0.2) is 9.97 Å². The molecule has 148 valence electrons. The van der Waals surface area contributed by atoms with Crippen LogP contribution >= 0.6 is 0 Å². The van der Waals surface area contributed by atoms with Crippen molar-refractivity contribution in [2.24, 2.45) is 5.92 Å². The molecule has 2 heterocycles. The zero-order valence-corrected chi connectivity index (χ0v) is 15.6. The number of aliphatic hydroxyl groups excluding tert-OH is 1. The molecule has 3 atom stereocenters. The van der Waals surface area contributed by atoms with E-state index in [-0.39, 0.29) is 17.7 Å². The third-order valence-electron chi connectivity index (χ3n) is 4.96. The molecule has 2 aliphatic rings. The van der Waals surface area contributed by atoms with E-state index >= 15 is 0 Å². The number of hydrogen-bond acceptors (Lipinski definition) is 7. The Hall–Kier alpha value is -2.26. The molecule has 2 amide bonds. The summed E-state index contributed by atoms with van der Waals surface area (Å²) >= 11 is 0. The van der Waals surface area contributed by atoms with Crippen molar-refractivity contribution in [3.63, 3.8) is 0 Å². The van der Waals surface area contributed by atoms with Gasteiger partial charge >= 0.3 is 0 Å². The van der Waals surface area contributed by atoms with Gasteiger partial charge in [0.25, 0.3) is 5.91 Å². The summed E-state index contributed by atoms with van der Waals surface area (Å²) in [6.45, 7) is 5.33. The summed E-state index contributed by atoms with van der Waals surface area (Å²) in [5, 5.41) is 15.8. The van der Waals surface area contributed by atoms with Crippen LogP contribution in [-0.4, -0.2) is 71.9 Å². The van der Waals surface area contributed by atoms with Crippen LogP contribution in [0.3, 0.4) is 0 Å². The van der Waals surface area contributed by atoms with Gasteiger partial charge in [0, 0.05) is 37.9 Å². The number of nitrogens with one attached hydrogen (secondary N) is 2. The van der Waals surface area contributed by atoms with Crippen molar-refractivity contribution in [1.82, 2.24) is 20.6 Å². The maximum absolute atomic E-state index is 12.4. The van der Waals surface area contributed by atoms with Gasteiger partial charge in [-0.05, 0) is 19.3 Å². The highest BCUT2D eigenvalue weighted by molar-refractivity contribution is 5.94. The Morgan fingerprint density at radius 3 is 2.63 bits per heavy atom. The number of carbonyl (C=O) groups is 2. The first kappa shape index (κ1) is 19.5. The molecule has 0 radical (unpaired) electrons. The number of rotatable bonds is 6. The number of carbonyl (C=O) groups excluding carboxylic acids is 2. The molecule has 3 N–H and O–H groups in total. The molecule has 0 spiro atoms. The van der Waals surface area contributed by atoms with E-state index in [4.69, 9.17) is 4.74 Å². The minimum absolute atomic E-state index is 0.0640. The molecular weight excluding hydrogens is 350 g/mol. The summed E-state index contributed by atoms with van der Waals surface area (Å²) in [7, 11) is 0. The van der Waals surface area contributed by atoms with Crippen molar-refractivity contribution < 1.29 is 19.4 Å². The van der Waals surface area contributed by atoms with Crippen LogP contribution in [0.25, 0.3) is 0 Å². The molecule has 3 rings (SSSR count). The highest BCUT2D eigenvalue weighted by atomic mass is 16.5. The molecule has 9 nitrogen and oxygen atoms in total. The Bertz CT molecular complexity index is 648. The van der Waals surface area contributed by atoms with Crippen LogP contribution in [0.4, 0.5) is 5.95 Å². The van der Waals surface area contributed by atoms with Crippen molar-refractivity contribution in [2.75, 3.05) is 37.7 Å². The lowest BCUT2D eigenvalue weighted by Gasteiger charge is -2.26. The molecule has 9 heteroatoms. The Kier molecular flexibility index (Phi) is 6.57. The van der Waals surface area contributed by atoms with Crippen LogP contribution in [0.2, 0.25) is 0 Å². The zero-order chi connectivity index (χ0) is 19.2. The molecule has 1 saturated carbocycles. The van der Waals surface area contributed by atoms with Gasteiger partial charge in [0.05, 0.1) is 30.9 Å². The molecular formula is C18H27N5O4. The normalized spacial score (nSPS) is 25.3. The summed E-state index contributed by atoms with van der Waals surface area (Å²) in [6.07, 6.45) is 3.88. The minimum Gasteiger partial charge on any atom is -0.391 e. The van der Waals surface area contributed by atoms with Gasteiger partial charge in [0.2, 0.25) is 11.9 Å². The quantitative estimate of drug-likeness (QED) is 0.624. The molecule has 1 aliphatic carbocycles. The van der Waals surface area contributed by atoms with Gasteiger partial charge in [-0.2, -0.15) is 0 Å². The van der Waals surface area contributed by atoms with Crippen LogP contribution in [0.15, 0.2) is 12.4 Å². The molecule has 0 bridgehead atoms. The van der Waals surface area contributed by atoms with E-state index < -0.39 is 12.1 Å². The van der Waals surface area contributed by atoms with E-state index in [0.29, 0.717) is 44.1 Å². The topological polar surface area (TPSA) is 117 Å². The average Bonchev–Trinajstić information content (AvgIpc) is 3.07. The van der Waals surface area contributed by atoms with Crippen LogP contribution in [0.1, 0.15) is 36.5 Å². The predicted octanol–water partition coefficient (Wildman–Crippen LogP) is -0.291. The second kappa shape index (κ2) is 9.09. The number of nitrogens with zero attached hydrogens (tertiary/aromatic N) is 3. The van der Waals surface area contributed by atoms with E-state index in [1.807, 2.05) is 11.8 Å². The minimum atomic E-state index is -0.736. The number of ether oxygens (including phenoxy) is 1. The van der Waals surface area contributed by atoms with Crippen LogP contribution < -0.4 is 15.5 Å². The van der Waals surface area contributed by atoms with Gasteiger partial charge in [0.1, 0.15) is 0 Å². The first-order valence-electron chi connectivity index (χ1n) is 9.50. The SMILES string of the molecule is CCCNC(=O)[C@@H]1C[C@@H](O)[C@H](NC(=O)c2cnc(N3CCOCC3)nc2)C1. The smallest absolute Gasteiger partial charge is 0.254 e. The number of aromatic nitrogens is 2. The predicted molar refractivity (Wildman–Crippen MR) is 98.3 cm³/mol. The summed E-state index contributed by atoms with van der Waals surface area (Å²) in [4.78, 5) is 35.1. The second-order valence-electron chi connectivity index (χ2n) is 6.98. The van der Waals surface area contributed by atoms with Gasteiger partial charge in [0.15, 0.2) is 0 Å². The lowest BCUT2D eigenvalue weighted by molar-refractivity contribution is -0.125. The van der Waals surface area contributed by atoms with E-state index in [1.165, 1.54) is 12.4 Å². The van der Waals surface area contributed by atoms with Crippen LogP contribution in [-0.2, 0) is 9.53 Å². The van der Waals surface area contributed by atoms with Gasteiger partial charge in [-0.15, -0.1) is 0 Å². The van der Waals surface area contributed by atoms with Crippen molar-refractivity contribution in [3.8, 4) is 0 Å². The van der Waals surface area contributed by atoms with Crippen molar-refractivity contribution in [2.45, 2.75) is 38.3 Å². The average molecular weight is 377 g/mol. The van der Waals surface area contributed by atoms with Crippen LogP contribution in [0, 0.1) is 5.92 Å². The van der Waals surface area contributed by atoms with E-state index in [1.54, 1.807) is 0 Å². The molecule has 0 aromatic carbocycles. The largest absolute Gasteiger partial charge is 0.391 e. The van der Waals surface area contributed by atoms with E-state index in [0.717, 1.165) is 19.5 Å². The Balaban J connectivity index is 1.54. The monoisotopic (exact) mass is 377 g/mol. The highest BCUT2D eigenvalue weighted by Gasteiger charge is 2.37. The van der Waals surface area contributed by atoms with Gasteiger partial charge in [-0.3, -0.25) is 9.59 Å². The number of hydrogen-bond donors (Lipinski definition) is 3. The summed E-state index contributed by atoms with van der Waals surface area (Å²) < 4.78 is 5.30. The molecule has 27 heavy (non-hydrogen) atoms. The zero-order valence-electron chi connectivity index (χ0n) is 15.6. The number of morpholine rings is 1. The lowest BCUT2D eigenvalue weighted by Crippen LogP contribution is -2.40. The molecule has 1 aromatic rings. The standard InChI is InChI=1S/C18H27N5O4/c1-2-3-19-16(25)12-8-14(15(24)9-12)22-17(26)13-10-20-18(21-11-13)23-4-6-27-7-5-23/h10-12,14-15,24H,2-9H2,1H3,(H,19,25)(H,22,26)/t12-,14+,15+/m0/s1. The molecule has 1 aliphatic heterocycles. The fourth-order valence-corrected chi connectivity index (χ4v) is 3.39. The van der Waals surface area contributed by atoms with E-state index in [2.05, 4.69) is 20.6 Å². The van der Waals surface area contributed by atoms with Crippen molar-refractivity contribution in [1.29, 1.82) is 0 Å². The molecule has 2 fully saturated rings. The molecule has 0 unspecified atom stereocenters. The fourth-order valence-electron chi connectivity index (χ4n) is 3.39. The Labute approximate surface area is 158 Å². The maximum Gasteiger partial charge on any atom is 0.254 e. The first-order chi connectivity index (χ1) is 13.1. The van der Waals surface area contributed by atoms with E-state index in [9.17, 15) is 14.7 Å². The summed E-state index contributed by atoms with van der Waals surface area (Å²) in [5.41, 5.74) is 0.332. The van der Waals surface area contributed by atoms with Gasteiger partial charge < -0.3 is 25.4 Å². The Morgan fingerprint density at radius 1 is 1.26 bits per heavy atom. The number of aliphatic hydroxyl groups is 1. The molecule has 1 saturated heterocycles. The molecule has 1 aromatic heterocycles. The fraction of sp³-hybridized carbons (Fsp3) is 0.667. The third kappa shape index (κ3) is 4.92. The van der Waals surface area contributed by atoms with Gasteiger partial charge in [-0.1, -0.05) is 6.92 Å². The first-order valence-corrected chi connectivity index (χ1v) is 9.50. The Morgan fingerprint density at radius 2 is 1.96 bits per heavy atom. The van der Waals surface area contributed by atoms with Crippen molar-refractivity contribution >= 4 is 17.8 Å².